The highest BCUT2D eigenvalue weighted by molar-refractivity contribution is 9.11. The third-order valence-electron chi connectivity index (χ3n) is 3.68. The standard InChI is InChI=1S/C11H17BrN2O.ClH/c1-8(12)5-14-10(15)11-4-2-3-9(11)6-13-7-11;/h9,13H,1-7H2,(H,14,15);1H/t9-,11-;/m1./s1. The quantitative estimate of drug-likeness (QED) is 0.835. The molecule has 1 aliphatic heterocycles. The van der Waals surface area contributed by atoms with Crippen molar-refractivity contribution in [2.45, 2.75) is 19.3 Å². The Morgan fingerprint density at radius 1 is 1.62 bits per heavy atom. The summed E-state index contributed by atoms with van der Waals surface area (Å²) in [4.78, 5) is 12.1. The van der Waals surface area contributed by atoms with Gasteiger partial charge in [0.05, 0.1) is 5.41 Å². The Kier molecular flexibility index (Phi) is 4.83. The normalized spacial score (nSPS) is 31.7. The average Bonchev–Trinajstić information content (AvgIpc) is 2.72. The van der Waals surface area contributed by atoms with Crippen LogP contribution in [-0.2, 0) is 4.79 Å². The highest BCUT2D eigenvalue weighted by Gasteiger charge is 2.51. The van der Waals surface area contributed by atoms with Gasteiger partial charge in [0.1, 0.15) is 0 Å². The van der Waals surface area contributed by atoms with Crippen molar-refractivity contribution in [3.63, 3.8) is 0 Å². The summed E-state index contributed by atoms with van der Waals surface area (Å²) in [6.07, 6.45) is 3.41. The molecule has 1 saturated carbocycles. The number of rotatable bonds is 3. The predicted molar refractivity (Wildman–Crippen MR) is 71.0 cm³/mol. The minimum Gasteiger partial charge on any atom is -0.351 e. The summed E-state index contributed by atoms with van der Waals surface area (Å²) >= 11 is 3.26. The molecule has 0 aromatic carbocycles. The van der Waals surface area contributed by atoms with Crippen LogP contribution >= 0.6 is 28.3 Å². The number of fused-ring (bicyclic) bond motifs is 1. The first-order valence-corrected chi connectivity index (χ1v) is 6.27. The zero-order chi connectivity index (χ0) is 10.9. The number of amides is 1. The maximum Gasteiger partial charge on any atom is 0.228 e. The number of hydrogen-bond donors (Lipinski definition) is 2. The van der Waals surface area contributed by atoms with Gasteiger partial charge in [0.25, 0.3) is 0 Å². The summed E-state index contributed by atoms with van der Waals surface area (Å²) in [7, 11) is 0. The Labute approximate surface area is 111 Å². The lowest BCUT2D eigenvalue weighted by Crippen LogP contribution is -2.44. The summed E-state index contributed by atoms with van der Waals surface area (Å²) in [5, 5.41) is 6.30. The fraction of sp³-hybridized carbons (Fsp3) is 0.727. The van der Waals surface area contributed by atoms with Gasteiger partial charge >= 0.3 is 0 Å². The van der Waals surface area contributed by atoms with E-state index in [1.165, 1.54) is 12.8 Å². The molecule has 0 unspecified atom stereocenters. The fourth-order valence-corrected chi connectivity index (χ4v) is 3.02. The molecule has 1 amide bonds. The molecule has 92 valence electrons. The van der Waals surface area contributed by atoms with E-state index in [0.717, 1.165) is 24.0 Å². The van der Waals surface area contributed by atoms with Crippen molar-refractivity contribution in [2.75, 3.05) is 19.6 Å². The van der Waals surface area contributed by atoms with Crippen molar-refractivity contribution in [1.82, 2.24) is 10.6 Å². The van der Waals surface area contributed by atoms with Crippen LogP contribution in [0.1, 0.15) is 19.3 Å². The molecule has 2 aliphatic rings. The molecule has 3 nitrogen and oxygen atoms in total. The Morgan fingerprint density at radius 2 is 2.38 bits per heavy atom. The van der Waals surface area contributed by atoms with Crippen molar-refractivity contribution in [3.05, 3.63) is 11.1 Å². The largest absolute Gasteiger partial charge is 0.351 e. The third kappa shape index (κ3) is 2.44. The van der Waals surface area contributed by atoms with Crippen LogP contribution in [0, 0.1) is 11.3 Å². The van der Waals surface area contributed by atoms with E-state index in [1.807, 2.05) is 0 Å². The predicted octanol–water partition coefficient (Wildman–Crippen LogP) is 1.82. The number of halogens is 2. The Hall–Kier alpha value is -0.0600. The van der Waals surface area contributed by atoms with Crippen LogP contribution in [0.4, 0.5) is 0 Å². The van der Waals surface area contributed by atoms with E-state index in [1.54, 1.807) is 0 Å². The molecule has 0 aromatic heterocycles. The minimum atomic E-state index is -0.123. The van der Waals surface area contributed by atoms with Crippen LogP contribution in [-0.4, -0.2) is 25.5 Å². The second-order valence-corrected chi connectivity index (χ2v) is 5.70. The van der Waals surface area contributed by atoms with Gasteiger partial charge in [-0.15, -0.1) is 12.4 Å². The van der Waals surface area contributed by atoms with Crippen LogP contribution in [0.25, 0.3) is 0 Å². The summed E-state index contributed by atoms with van der Waals surface area (Å²) in [6, 6.07) is 0. The maximum atomic E-state index is 12.1. The first kappa shape index (κ1) is 14.0. The van der Waals surface area contributed by atoms with E-state index in [0.29, 0.717) is 12.5 Å². The molecule has 0 aromatic rings. The molecule has 0 bridgehead atoms. The van der Waals surface area contributed by atoms with E-state index in [-0.39, 0.29) is 23.7 Å². The first-order valence-electron chi connectivity index (χ1n) is 5.47. The van der Waals surface area contributed by atoms with E-state index in [9.17, 15) is 4.79 Å². The zero-order valence-electron chi connectivity index (χ0n) is 9.22. The topological polar surface area (TPSA) is 41.1 Å². The van der Waals surface area contributed by atoms with E-state index in [4.69, 9.17) is 0 Å². The van der Waals surface area contributed by atoms with Crippen molar-refractivity contribution < 1.29 is 4.79 Å². The van der Waals surface area contributed by atoms with Crippen molar-refractivity contribution in [2.24, 2.45) is 11.3 Å². The number of nitrogens with one attached hydrogen (secondary N) is 2. The molecule has 2 fully saturated rings. The molecule has 5 heteroatoms. The summed E-state index contributed by atoms with van der Waals surface area (Å²) < 4.78 is 0.827. The molecule has 1 saturated heterocycles. The van der Waals surface area contributed by atoms with Gasteiger partial charge in [-0.3, -0.25) is 4.79 Å². The molecule has 2 rings (SSSR count). The van der Waals surface area contributed by atoms with Gasteiger partial charge in [0.2, 0.25) is 5.91 Å². The van der Waals surface area contributed by atoms with Gasteiger partial charge < -0.3 is 10.6 Å². The van der Waals surface area contributed by atoms with Crippen LogP contribution in [0.15, 0.2) is 11.1 Å². The molecule has 2 N–H and O–H groups in total. The van der Waals surface area contributed by atoms with Crippen molar-refractivity contribution >= 4 is 34.2 Å². The number of carbonyl (C=O) groups excluding carboxylic acids is 1. The molecular formula is C11H18BrClN2O. The number of carbonyl (C=O) groups is 1. The Bertz CT molecular complexity index is 286. The first-order chi connectivity index (χ1) is 7.15. The van der Waals surface area contributed by atoms with E-state index in [2.05, 4.69) is 33.1 Å². The highest BCUT2D eigenvalue weighted by Crippen LogP contribution is 2.45. The van der Waals surface area contributed by atoms with Crippen molar-refractivity contribution in [3.8, 4) is 0 Å². The van der Waals surface area contributed by atoms with Crippen molar-refractivity contribution in [1.29, 1.82) is 0 Å². The van der Waals surface area contributed by atoms with Gasteiger partial charge in [0.15, 0.2) is 0 Å². The zero-order valence-corrected chi connectivity index (χ0v) is 11.6. The SMILES string of the molecule is C=C(Br)CNC(=O)[C@@]12CCC[C@@H]1CNC2.Cl. The fourth-order valence-electron chi connectivity index (χ4n) is 2.88. The molecule has 0 spiro atoms. The lowest BCUT2D eigenvalue weighted by atomic mass is 9.80. The highest BCUT2D eigenvalue weighted by atomic mass is 79.9. The smallest absolute Gasteiger partial charge is 0.228 e. The summed E-state index contributed by atoms with van der Waals surface area (Å²) in [6.45, 7) is 6.11. The monoisotopic (exact) mass is 308 g/mol. The molecule has 2 atom stereocenters. The molecule has 16 heavy (non-hydrogen) atoms. The maximum absolute atomic E-state index is 12.1. The molecular weight excluding hydrogens is 291 g/mol. The second kappa shape index (κ2) is 5.52. The van der Waals surface area contributed by atoms with Crippen LogP contribution in [0.5, 0.6) is 0 Å². The summed E-state index contributed by atoms with van der Waals surface area (Å²) in [5.41, 5.74) is -0.123. The van der Waals surface area contributed by atoms with Gasteiger partial charge in [-0.25, -0.2) is 0 Å². The van der Waals surface area contributed by atoms with Crippen LogP contribution in [0.3, 0.4) is 0 Å². The molecule has 0 radical (unpaired) electrons. The van der Waals surface area contributed by atoms with E-state index >= 15 is 0 Å². The van der Waals surface area contributed by atoms with Gasteiger partial charge in [0, 0.05) is 17.6 Å². The lowest BCUT2D eigenvalue weighted by Gasteiger charge is -2.26. The Balaban J connectivity index is 0.00000128. The van der Waals surface area contributed by atoms with Gasteiger partial charge in [-0.05, 0) is 25.3 Å². The van der Waals surface area contributed by atoms with Gasteiger partial charge in [-0.1, -0.05) is 28.9 Å². The Morgan fingerprint density at radius 3 is 3.06 bits per heavy atom. The van der Waals surface area contributed by atoms with Crippen LogP contribution in [0.2, 0.25) is 0 Å². The number of hydrogen-bond acceptors (Lipinski definition) is 2. The van der Waals surface area contributed by atoms with Gasteiger partial charge in [-0.2, -0.15) is 0 Å². The molecule has 1 heterocycles. The average molecular weight is 310 g/mol. The summed E-state index contributed by atoms with van der Waals surface area (Å²) in [5.74, 6) is 0.747. The minimum absolute atomic E-state index is 0. The molecule has 1 aliphatic carbocycles. The second-order valence-electron chi connectivity index (χ2n) is 4.58. The third-order valence-corrected chi connectivity index (χ3v) is 3.96. The lowest BCUT2D eigenvalue weighted by molar-refractivity contribution is -0.131. The van der Waals surface area contributed by atoms with E-state index < -0.39 is 0 Å². The van der Waals surface area contributed by atoms with Crippen LogP contribution < -0.4 is 10.6 Å².